The summed E-state index contributed by atoms with van der Waals surface area (Å²) in [6.45, 7) is 0. The van der Waals surface area contributed by atoms with E-state index >= 15 is 0 Å². The average Bonchev–Trinajstić information content (AvgIpc) is 1.77. The SMILES string of the molecule is C.C.C.Nc1ccc(N)cc1. The summed E-state index contributed by atoms with van der Waals surface area (Å²) in [5.41, 5.74) is 12.2. The third kappa shape index (κ3) is 5.27. The number of benzene rings is 1. The third-order valence-electron chi connectivity index (χ3n) is 0.936. The molecule has 0 unspecified atom stereocenters. The quantitative estimate of drug-likeness (QED) is 0.567. The smallest absolute Gasteiger partial charge is 0.0315 e. The monoisotopic (exact) mass is 156 g/mol. The average molecular weight is 156 g/mol. The summed E-state index contributed by atoms with van der Waals surface area (Å²) < 4.78 is 0. The normalized spacial score (nSPS) is 6.55. The predicted octanol–water partition coefficient (Wildman–Crippen LogP) is 2.76. The Hall–Kier alpha value is -1.18. The van der Waals surface area contributed by atoms with Crippen LogP contribution in [-0.4, -0.2) is 0 Å². The molecule has 0 spiro atoms. The van der Waals surface area contributed by atoms with Gasteiger partial charge in [0.1, 0.15) is 0 Å². The summed E-state index contributed by atoms with van der Waals surface area (Å²) in [5, 5.41) is 0. The number of rotatable bonds is 0. The maximum Gasteiger partial charge on any atom is 0.0315 e. The van der Waals surface area contributed by atoms with Crippen LogP contribution in [0.4, 0.5) is 11.4 Å². The third-order valence-corrected chi connectivity index (χ3v) is 0.936. The van der Waals surface area contributed by atoms with Gasteiger partial charge in [0.25, 0.3) is 0 Å². The molecule has 1 aromatic rings. The molecular formula is C9H20N2. The van der Waals surface area contributed by atoms with E-state index in [-0.39, 0.29) is 22.3 Å². The lowest BCUT2D eigenvalue weighted by Gasteiger charge is -1.90. The second kappa shape index (κ2) is 6.93. The van der Waals surface area contributed by atoms with Gasteiger partial charge in [-0.1, -0.05) is 22.3 Å². The van der Waals surface area contributed by atoms with Gasteiger partial charge < -0.3 is 11.5 Å². The van der Waals surface area contributed by atoms with Crippen molar-refractivity contribution in [2.45, 2.75) is 22.3 Å². The minimum atomic E-state index is 0. The zero-order valence-electron chi connectivity index (χ0n) is 4.46. The van der Waals surface area contributed by atoms with E-state index in [4.69, 9.17) is 11.5 Å². The summed E-state index contributed by atoms with van der Waals surface area (Å²) in [5.74, 6) is 0. The zero-order chi connectivity index (χ0) is 5.98. The van der Waals surface area contributed by atoms with Crippen molar-refractivity contribution in [2.24, 2.45) is 0 Å². The molecule has 0 heterocycles. The Bertz CT molecular complexity index is 146. The molecular weight excluding hydrogens is 136 g/mol. The van der Waals surface area contributed by atoms with E-state index in [1.165, 1.54) is 0 Å². The van der Waals surface area contributed by atoms with Crippen molar-refractivity contribution in [3.8, 4) is 0 Å². The van der Waals surface area contributed by atoms with E-state index in [2.05, 4.69) is 0 Å². The van der Waals surface area contributed by atoms with E-state index in [0.717, 1.165) is 11.4 Å². The van der Waals surface area contributed by atoms with Gasteiger partial charge in [0, 0.05) is 11.4 Å². The Morgan fingerprint density at radius 2 is 0.818 bits per heavy atom. The molecule has 0 bridgehead atoms. The molecule has 0 fully saturated rings. The summed E-state index contributed by atoms with van der Waals surface area (Å²) in [6.07, 6.45) is 0. The van der Waals surface area contributed by atoms with Crippen molar-refractivity contribution in [1.29, 1.82) is 0 Å². The molecule has 0 aliphatic heterocycles. The van der Waals surface area contributed by atoms with Crippen LogP contribution in [0.15, 0.2) is 24.3 Å². The van der Waals surface area contributed by atoms with Gasteiger partial charge in [0.05, 0.1) is 0 Å². The molecule has 0 saturated heterocycles. The largest absolute Gasteiger partial charge is 0.399 e. The number of hydrogen-bond acceptors (Lipinski definition) is 2. The fourth-order valence-electron chi connectivity index (χ4n) is 0.496. The van der Waals surface area contributed by atoms with Gasteiger partial charge in [-0.15, -0.1) is 0 Å². The summed E-state index contributed by atoms with van der Waals surface area (Å²) in [6, 6.07) is 7.09. The van der Waals surface area contributed by atoms with Crippen LogP contribution in [0.1, 0.15) is 22.3 Å². The molecule has 1 aromatic carbocycles. The Morgan fingerprint density at radius 1 is 0.636 bits per heavy atom. The number of nitrogens with two attached hydrogens (primary N) is 2. The Kier molecular flexibility index (Phi) is 10.4. The van der Waals surface area contributed by atoms with Crippen LogP contribution >= 0.6 is 0 Å². The molecule has 0 saturated carbocycles. The van der Waals surface area contributed by atoms with Crippen LogP contribution in [-0.2, 0) is 0 Å². The maximum absolute atomic E-state index is 5.37. The molecule has 0 amide bonds. The maximum atomic E-state index is 5.37. The van der Waals surface area contributed by atoms with Crippen molar-refractivity contribution < 1.29 is 0 Å². The van der Waals surface area contributed by atoms with E-state index in [9.17, 15) is 0 Å². The van der Waals surface area contributed by atoms with Gasteiger partial charge in [-0.05, 0) is 24.3 Å². The standard InChI is InChI=1S/C6H8N2.3CH4/c7-5-1-2-6(8)4-3-5;;;/h1-4H,7-8H2;3*1H4. The van der Waals surface area contributed by atoms with Crippen LogP contribution in [0.5, 0.6) is 0 Å². The summed E-state index contributed by atoms with van der Waals surface area (Å²) >= 11 is 0. The minimum Gasteiger partial charge on any atom is -0.399 e. The van der Waals surface area contributed by atoms with Crippen LogP contribution < -0.4 is 11.5 Å². The molecule has 2 nitrogen and oxygen atoms in total. The first-order valence-corrected chi connectivity index (χ1v) is 2.40. The van der Waals surface area contributed by atoms with Gasteiger partial charge in [-0.3, -0.25) is 0 Å². The molecule has 4 N–H and O–H groups in total. The molecule has 0 radical (unpaired) electrons. The second-order valence-electron chi connectivity index (χ2n) is 1.67. The highest BCUT2D eigenvalue weighted by Crippen LogP contribution is 2.04. The minimum absolute atomic E-state index is 0. The predicted molar refractivity (Wildman–Crippen MR) is 55.5 cm³/mol. The Balaban J connectivity index is -0.000000213. The van der Waals surface area contributed by atoms with Crippen LogP contribution in [0.3, 0.4) is 0 Å². The Morgan fingerprint density at radius 3 is 1.00 bits per heavy atom. The lowest BCUT2D eigenvalue weighted by Crippen LogP contribution is -1.86. The molecule has 0 aromatic heterocycles. The lowest BCUT2D eigenvalue weighted by molar-refractivity contribution is 1.67. The second-order valence-corrected chi connectivity index (χ2v) is 1.67. The van der Waals surface area contributed by atoms with Crippen molar-refractivity contribution in [3.63, 3.8) is 0 Å². The van der Waals surface area contributed by atoms with Crippen LogP contribution in [0, 0.1) is 0 Å². The zero-order valence-corrected chi connectivity index (χ0v) is 4.46. The number of hydrogen-bond donors (Lipinski definition) is 2. The van der Waals surface area contributed by atoms with Gasteiger partial charge in [0.15, 0.2) is 0 Å². The van der Waals surface area contributed by atoms with Crippen molar-refractivity contribution >= 4 is 11.4 Å². The molecule has 0 aliphatic carbocycles. The van der Waals surface area contributed by atoms with Gasteiger partial charge in [0.2, 0.25) is 0 Å². The highest BCUT2D eigenvalue weighted by Gasteiger charge is 1.80. The van der Waals surface area contributed by atoms with Gasteiger partial charge >= 0.3 is 0 Å². The van der Waals surface area contributed by atoms with Gasteiger partial charge in [-0.25, -0.2) is 0 Å². The van der Waals surface area contributed by atoms with Crippen LogP contribution in [0.25, 0.3) is 0 Å². The summed E-state index contributed by atoms with van der Waals surface area (Å²) in [7, 11) is 0. The fourth-order valence-corrected chi connectivity index (χ4v) is 0.496. The fraction of sp³-hybridized carbons (Fsp3) is 0.333. The number of anilines is 2. The molecule has 0 atom stereocenters. The first-order chi connectivity index (χ1) is 3.79. The van der Waals surface area contributed by atoms with E-state index in [0.29, 0.717) is 0 Å². The summed E-state index contributed by atoms with van der Waals surface area (Å²) in [4.78, 5) is 0. The van der Waals surface area contributed by atoms with E-state index in [1.807, 2.05) is 0 Å². The first kappa shape index (κ1) is 16.4. The number of nitrogen functional groups attached to an aromatic ring is 2. The molecule has 11 heavy (non-hydrogen) atoms. The highest BCUT2D eigenvalue weighted by atomic mass is 14.6. The highest BCUT2D eigenvalue weighted by molar-refractivity contribution is 5.47. The van der Waals surface area contributed by atoms with Crippen LogP contribution in [0.2, 0.25) is 0 Å². The molecule has 1 rings (SSSR count). The molecule has 66 valence electrons. The van der Waals surface area contributed by atoms with Gasteiger partial charge in [-0.2, -0.15) is 0 Å². The Labute approximate surface area is 70.2 Å². The van der Waals surface area contributed by atoms with Crippen molar-refractivity contribution in [3.05, 3.63) is 24.3 Å². The van der Waals surface area contributed by atoms with Crippen molar-refractivity contribution in [1.82, 2.24) is 0 Å². The topological polar surface area (TPSA) is 52.0 Å². The van der Waals surface area contributed by atoms with Crippen molar-refractivity contribution in [2.75, 3.05) is 11.5 Å². The van der Waals surface area contributed by atoms with E-state index in [1.54, 1.807) is 24.3 Å². The lowest BCUT2D eigenvalue weighted by atomic mass is 10.3. The first-order valence-electron chi connectivity index (χ1n) is 2.40. The molecule has 2 heteroatoms. The van der Waals surface area contributed by atoms with E-state index < -0.39 is 0 Å². The molecule has 0 aliphatic rings.